The zero-order chi connectivity index (χ0) is 23.8. The third-order valence-electron chi connectivity index (χ3n) is 4.99. The molecule has 0 aliphatic carbocycles. The Morgan fingerprint density at radius 1 is 1.28 bits per heavy atom. The number of halogens is 1. The van der Waals surface area contributed by atoms with Crippen LogP contribution in [0.3, 0.4) is 0 Å². The van der Waals surface area contributed by atoms with Gasteiger partial charge >= 0.3 is 0 Å². The van der Waals surface area contributed by atoms with Gasteiger partial charge in [-0.3, -0.25) is 9.48 Å². The molecular formula is C26H35ClN4O. The number of aromatic nitrogens is 2. The molecule has 32 heavy (non-hydrogen) atoms. The highest BCUT2D eigenvalue weighted by molar-refractivity contribution is 6.30. The molecule has 0 fully saturated rings. The summed E-state index contributed by atoms with van der Waals surface area (Å²) in [5.74, 6) is 0. The van der Waals surface area contributed by atoms with Gasteiger partial charge in [0.1, 0.15) is 6.29 Å². The standard InChI is InChI=1S/C26H35ClN4O/c1-8-9-20(5)26-24(15-28-31(26)18(2)3)25(21-10-12-22(27)13-11-21)29-23(16-30(6)7)14-19(4)17-32/h10-18,25,29H,5,8-9H2,1-4,6-7H3/b19-14-,23-16+. The summed E-state index contributed by atoms with van der Waals surface area (Å²) in [6.45, 7) is 12.6. The first-order valence-corrected chi connectivity index (χ1v) is 11.3. The van der Waals surface area contributed by atoms with Crippen molar-refractivity contribution in [2.75, 3.05) is 14.1 Å². The lowest BCUT2D eigenvalue weighted by Crippen LogP contribution is -2.24. The minimum Gasteiger partial charge on any atom is -0.382 e. The van der Waals surface area contributed by atoms with Gasteiger partial charge in [0.05, 0.1) is 23.6 Å². The molecule has 0 radical (unpaired) electrons. The number of hydrogen-bond acceptors (Lipinski definition) is 4. The van der Waals surface area contributed by atoms with Crippen molar-refractivity contribution in [1.29, 1.82) is 0 Å². The Bertz CT molecular complexity index is 984. The van der Waals surface area contributed by atoms with Gasteiger partial charge in [-0.2, -0.15) is 5.10 Å². The number of aldehydes is 1. The number of allylic oxidation sites excluding steroid dienone is 3. The van der Waals surface area contributed by atoms with Crippen molar-refractivity contribution in [3.05, 3.63) is 82.4 Å². The van der Waals surface area contributed by atoms with Crippen LogP contribution in [-0.2, 0) is 4.79 Å². The molecule has 5 nitrogen and oxygen atoms in total. The monoisotopic (exact) mass is 454 g/mol. The third-order valence-corrected chi connectivity index (χ3v) is 5.24. The summed E-state index contributed by atoms with van der Waals surface area (Å²) < 4.78 is 2.04. The highest BCUT2D eigenvalue weighted by Crippen LogP contribution is 2.33. The largest absolute Gasteiger partial charge is 0.382 e. The maximum absolute atomic E-state index is 11.3. The van der Waals surface area contributed by atoms with Gasteiger partial charge in [-0.15, -0.1) is 0 Å². The third kappa shape index (κ3) is 6.60. The maximum Gasteiger partial charge on any atom is 0.145 e. The molecule has 2 rings (SSSR count). The van der Waals surface area contributed by atoms with Crippen LogP contribution in [-0.4, -0.2) is 35.1 Å². The molecule has 1 unspecified atom stereocenters. The predicted molar refractivity (Wildman–Crippen MR) is 135 cm³/mol. The molecule has 2 aromatic rings. The zero-order valence-electron chi connectivity index (χ0n) is 20.0. The summed E-state index contributed by atoms with van der Waals surface area (Å²) >= 11 is 6.18. The van der Waals surface area contributed by atoms with Crippen molar-refractivity contribution >= 4 is 23.5 Å². The molecule has 6 heteroatoms. The molecule has 0 saturated heterocycles. The number of nitrogens with zero attached hydrogens (tertiary/aromatic N) is 3. The quantitative estimate of drug-likeness (QED) is 0.251. The highest BCUT2D eigenvalue weighted by atomic mass is 35.5. The van der Waals surface area contributed by atoms with Gasteiger partial charge in [-0.1, -0.05) is 43.7 Å². The number of rotatable bonds is 11. The summed E-state index contributed by atoms with van der Waals surface area (Å²) in [6.07, 6.45) is 8.49. The van der Waals surface area contributed by atoms with Crippen molar-refractivity contribution in [2.45, 2.75) is 52.6 Å². The van der Waals surface area contributed by atoms with Crippen LogP contribution in [0.15, 0.2) is 60.6 Å². The van der Waals surface area contributed by atoms with E-state index in [9.17, 15) is 4.79 Å². The number of benzene rings is 1. The smallest absolute Gasteiger partial charge is 0.145 e. The minimum atomic E-state index is -0.203. The van der Waals surface area contributed by atoms with Gasteiger partial charge in [0.2, 0.25) is 0 Å². The lowest BCUT2D eigenvalue weighted by atomic mass is 9.94. The Hall–Kier alpha value is -2.79. The molecule has 1 aromatic heterocycles. The van der Waals surface area contributed by atoms with Crippen LogP contribution in [0.4, 0.5) is 0 Å². The van der Waals surface area contributed by atoms with Crippen LogP contribution in [0, 0.1) is 0 Å². The Balaban J connectivity index is 2.69. The molecular weight excluding hydrogens is 420 g/mol. The minimum absolute atomic E-state index is 0.201. The molecule has 0 bridgehead atoms. The van der Waals surface area contributed by atoms with E-state index < -0.39 is 0 Å². The average molecular weight is 455 g/mol. The summed E-state index contributed by atoms with van der Waals surface area (Å²) in [6, 6.07) is 7.81. The Kier molecular flexibility index (Phi) is 9.33. The van der Waals surface area contributed by atoms with Crippen LogP contribution in [0.2, 0.25) is 5.02 Å². The molecule has 0 spiro atoms. The van der Waals surface area contributed by atoms with Gasteiger partial charge < -0.3 is 10.2 Å². The van der Waals surface area contributed by atoms with Gasteiger partial charge in [0.25, 0.3) is 0 Å². The molecule has 1 aromatic carbocycles. The first kappa shape index (κ1) is 25.5. The Morgan fingerprint density at radius 2 is 1.94 bits per heavy atom. The van der Waals surface area contributed by atoms with E-state index in [-0.39, 0.29) is 12.1 Å². The fourth-order valence-electron chi connectivity index (χ4n) is 3.60. The molecule has 1 N–H and O–H groups in total. The SMILES string of the molecule is C=C(CCC)c1c(C(NC(/C=C(/C)C=O)=C/N(C)C)c2ccc(Cl)cc2)cnn1C(C)C. The van der Waals surface area contributed by atoms with Crippen molar-refractivity contribution in [3.8, 4) is 0 Å². The van der Waals surface area contributed by atoms with Crippen LogP contribution < -0.4 is 5.32 Å². The molecule has 172 valence electrons. The molecule has 0 aliphatic heterocycles. The van der Waals surface area contributed by atoms with E-state index in [1.807, 2.05) is 66.4 Å². The Labute approximate surface area is 197 Å². The zero-order valence-corrected chi connectivity index (χ0v) is 20.8. The summed E-state index contributed by atoms with van der Waals surface area (Å²) in [7, 11) is 3.91. The van der Waals surface area contributed by atoms with Crippen molar-refractivity contribution in [2.24, 2.45) is 0 Å². The molecule has 0 saturated carbocycles. The average Bonchev–Trinajstić information content (AvgIpc) is 3.17. The van der Waals surface area contributed by atoms with Crippen LogP contribution in [0.25, 0.3) is 5.57 Å². The van der Waals surface area contributed by atoms with Gasteiger partial charge in [-0.25, -0.2) is 0 Å². The lowest BCUT2D eigenvalue weighted by Gasteiger charge is -2.24. The maximum atomic E-state index is 11.3. The second-order valence-corrected chi connectivity index (χ2v) is 8.96. The van der Waals surface area contributed by atoms with E-state index in [0.717, 1.165) is 47.2 Å². The number of carbonyl (C=O) groups excluding carboxylic acids is 1. The predicted octanol–water partition coefficient (Wildman–Crippen LogP) is 6.16. The van der Waals surface area contributed by atoms with E-state index in [1.54, 1.807) is 6.92 Å². The Morgan fingerprint density at radius 3 is 2.47 bits per heavy atom. The topological polar surface area (TPSA) is 50.2 Å². The first-order chi connectivity index (χ1) is 15.2. The highest BCUT2D eigenvalue weighted by Gasteiger charge is 2.24. The van der Waals surface area contributed by atoms with E-state index >= 15 is 0 Å². The van der Waals surface area contributed by atoms with Crippen LogP contribution in [0.5, 0.6) is 0 Å². The fourth-order valence-corrected chi connectivity index (χ4v) is 3.73. The number of hydrogen-bond donors (Lipinski definition) is 1. The normalized spacial score (nSPS) is 13.2. The summed E-state index contributed by atoms with van der Waals surface area (Å²) in [4.78, 5) is 13.3. The van der Waals surface area contributed by atoms with E-state index in [1.165, 1.54) is 0 Å². The second-order valence-electron chi connectivity index (χ2n) is 8.52. The number of nitrogens with one attached hydrogen (secondary N) is 1. The van der Waals surface area contributed by atoms with Crippen molar-refractivity contribution < 1.29 is 4.79 Å². The van der Waals surface area contributed by atoms with Crippen LogP contribution in [0.1, 0.15) is 69.4 Å². The van der Waals surface area contributed by atoms with Crippen LogP contribution >= 0.6 is 11.6 Å². The second kappa shape index (κ2) is 11.7. The van der Waals surface area contributed by atoms with E-state index in [0.29, 0.717) is 10.6 Å². The first-order valence-electron chi connectivity index (χ1n) is 11.0. The molecule has 0 aliphatic rings. The molecule has 1 atom stereocenters. The van der Waals surface area contributed by atoms with E-state index in [4.69, 9.17) is 16.7 Å². The van der Waals surface area contributed by atoms with Crippen molar-refractivity contribution in [3.63, 3.8) is 0 Å². The van der Waals surface area contributed by atoms with Gasteiger partial charge in [-0.05, 0) is 62.1 Å². The fraction of sp³-hybridized carbons (Fsp3) is 0.385. The molecule has 1 heterocycles. The van der Waals surface area contributed by atoms with Gasteiger partial charge in [0, 0.05) is 36.9 Å². The number of carbonyl (C=O) groups is 1. The summed E-state index contributed by atoms with van der Waals surface area (Å²) in [5.41, 5.74) is 5.66. The molecule has 0 amide bonds. The van der Waals surface area contributed by atoms with E-state index in [2.05, 4.69) is 32.7 Å². The lowest BCUT2D eigenvalue weighted by molar-refractivity contribution is -0.104. The van der Waals surface area contributed by atoms with Crippen molar-refractivity contribution in [1.82, 2.24) is 20.0 Å². The van der Waals surface area contributed by atoms with Gasteiger partial charge in [0.15, 0.2) is 0 Å². The summed E-state index contributed by atoms with van der Waals surface area (Å²) in [5, 5.41) is 9.04.